The SMILES string of the molecule is O=C(NCC1CCCCC1)c1cc(F)c(O)c(F)c1F. The van der Waals surface area contributed by atoms with Crippen LogP contribution in [-0.4, -0.2) is 17.6 Å². The van der Waals surface area contributed by atoms with Crippen molar-refractivity contribution in [2.24, 2.45) is 5.92 Å². The summed E-state index contributed by atoms with van der Waals surface area (Å²) in [5, 5.41) is 11.4. The number of hydrogen-bond donors (Lipinski definition) is 2. The molecule has 0 aromatic heterocycles. The quantitative estimate of drug-likeness (QED) is 0.839. The van der Waals surface area contributed by atoms with Gasteiger partial charge in [0, 0.05) is 6.54 Å². The Labute approximate surface area is 114 Å². The summed E-state index contributed by atoms with van der Waals surface area (Å²) < 4.78 is 39.8. The molecule has 1 saturated carbocycles. The van der Waals surface area contributed by atoms with Crippen LogP contribution in [0.3, 0.4) is 0 Å². The highest BCUT2D eigenvalue weighted by Gasteiger charge is 2.23. The van der Waals surface area contributed by atoms with Crippen molar-refractivity contribution in [3.63, 3.8) is 0 Å². The van der Waals surface area contributed by atoms with E-state index in [9.17, 15) is 18.0 Å². The van der Waals surface area contributed by atoms with Crippen LogP contribution in [0.1, 0.15) is 42.5 Å². The number of amides is 1. The molecule has 2 N–H and O–H groups in total. The third-order valence-corrected chi connectivity index (χ3v) is 3.66. The van der Waals surface area contributed by atoms with Crippen LogP contribution in [0.2, 0.25) is 0 Å². The first-order valence-corrected chi connectivity index (χ1v) is 6.65. The van der Waals surface area contributed by atoms with Gasteiger partial charge in [-0.25, -0.2) is 8.78 Å². The normalized spacial score (nSPS) is 16.1. The maximum atomic E-state index is 13.5. The lowest BCUT2D eigenvalue weighted by atomic mass is 9.89. The Kier molecular flexibility index (Phi) is 4.52. The molecule has 110 valence electrons. The van der Waals surface area contributed by atoms with Gasteiger partial charge in [0.05, 0.1) is 5.56 Å². The van der Waals surface area contributed by atoms with E-state index in [0.717, 1.165) is 25.7 Å². The van der Waals surface area contributed by atoms with Gasteiger partial charge in [-0.05, 0) is 24.8 Å². The van der Waals surface area contributed by atoms with E-state index in [4.69, 9.17) is 5.11 Å². The molecule has 0 spiro atoms. The van der Waals surface area contributed by atoms with Gasteiger partial charge < -0.3 is 10.4 Å². The number of rotatable bonds is 3. The second-order valence-electron chi connectivity index (χ2n) is 5.10. The van der Waals surface area contributed by atoms with Crippen molar-refractivity contribution in [1.29, 1.82) is 0 Å². The average Bonchev–Trinajstić information content (AvgIpc) is 2.47. The Morgan fingerprint density at radius 2 is 1.85 bits per heavy atom. The Morgan fingerprint density at radius 3 is 2.50 bits per heavy atom. The first kappa shape index (κ1) is 14.7. The summed E-state index contributed by atoms with van der Waals surface area (Å²) >= 11 is 0. The molecule has 0 radical (unpaired) electrons. The van der Waals surface area contributed by atoms with Gasteiger partial charge in [0.1, 0.15) is 0 Å². The van der Waals surface area contributed by atoms with Crippen LogP contribution in [0.4, 0.5) is 13.2 Å². The van der Waals surface area contributed by atoms with E-state index in [1.54, 1.807) is 0 Å². The van der Waals surface area contributed by atoms with E-state index in [1.165, 1.54) is 6.42 Å². The Balaban J connectivity index is 2.05. The zero-order valence-electron chi connectivity index (χ0n) is 10.9. The van der Waals surface area contributed by atoms with Gasteiger partial charge in [-0.15, -0.1) is 0 Å². The fraction of sp³-hybridized carbons (Fsp3) is 0.500. The molecule has 20 heavy (non-hydrogen) atoms. The summed E-state index contributed by atoms with van der Waals surface area (Å²) in [6.07, 6.45) is 5.34. The van der Waals surface area contributed by atoms with Crippen LogP contribution in [0, 0.1) is 23.4 Å². The van der Waals surface area contributed by atoms with Crippen molar-refractivity contribution in [3.05, 3.63) is 29.1 Å². The fourth-order valence-electron chi connectivity index (χ4n) is 2.47. The largest absolute Gasteiger partial charge is 0.503 e. The molecule has 0 atom stereocenters. The highest BCUT2D eigenvalue weighted by Crippen LogP contribution is 2.26. The Bertz CT molecular complexity index is 514. The average molecular weight is 287 g/mol. The van der Waals surface area contributed by atoms with Gasteiger partial charge in [0.25, 0.3) is 5.91 Å². The van der Waals surface area contributed by atoms with Crippen molar-refractivity contribution in [3.8, 4) is 5.75 Å². The summed E-state index contributed by atoms with van der Waals surface area (Å²) in [5.74, 6) is -6.59. The van der Waals surface area contributed by atoms with Crippen LogP contribution < -0.4 is 5.32 Å². The van der Waals surface area contributed by atoms with Crippen LogP contribution in [-0.2, 0) is 0 Å². The molecule has 1 fully saturated rings. The topological polar surface area (TPSA) is 49.3 Å². The molecular weight excluding hydrogens is 271 g/mol. The Hall–Kier alpha value is -1.72. The third-order valence-electron chi connectivity index (χ3n) is 3.66. The molecule has 0 heterocycles. The summed E-state index contributed by atoms with van der Waals surface area (Å²) in [6.45, 7) is 0.363. The smallest absolute Gasteiger partial charge is 0.254 e. The zero-order chi connectivity index (χ0) is 14.7. The van der Waals surface area contributed by atoms with Gasteiger partial charge in [-0.3, -0.25) is 4.79 Å². The van der Waals surface area contributed by atoms with Gasteiger partial charge in [-0.1, -0.05) is 19.3 Å². The first-order valence-electron chi connectivity index (χ1n) is 6.65. The highest BCUT2D eigenvalue weighted by molar-refractivity contribution is 5.94. The number of benzene rings is 1. The molecule has 1 amide bonds. The Morgan fingerprint density at radius 1 is 1.20 bits per heavy atom. The molecule has 1 aliphatic rings. The van der Waals surface area contributed by atoms with Crippen molar-refractivity contribution in [1.82, 2.24) is 5.32 Å². The van der Waals surface area contributed by atoms with Crippen LogP contribution in [0.25, 0.3) is 0 Å². The van der Waals surface area contributed by atoms with E-state index in [-0.39, 0.29) is 0 Å². The van der Waals surface area contributed by atoms with Gasteiger partial charge in [0.2, 0.25) is 5.82 Å². The van der Waals surface area contributed by atoms with Crippen LogP contribution in [0.15, 0.2) is 6.07 Å². The lowest BCUT2D eigenvalue weighted by molar-refractivity contribution is 0.0937. The minimum atomic E-state index is -1.74. The predicted molar refractivity (Wildman–Crippen MR) is 66.9 cm³/mol. The summed E-state index contributed by atoms with van der Waals surface area (Å²) in [5.41, 5.74) is -0.728. The van der Waals surface area contributed by atoms with Crippen molar-refractivity contribution >= 4 is 5.91 Å². The molecule has 3 nitrogen and oxygen atoms in total. The summed E-state index contributed by atoms with van der Waals surface area (Å²) in [6, 6.07) is 0.504. The number of aromatic hydroxyl groups is 1. The summed E-state index contributed by atoms with van der Waals surface area (Å²) in [7, 11) is 0. The van der Waals surface area contributed by atoms with Crippen molar-refractivity contribution in [2.45, 2.75) is 32.1 Å². The van der Waals surface area contributed by atoms with Gasteiger partial charge >= 0.3 is 0 Å². The molecule has 2 rings (SSSR count). The minimum Gasteiger partial charge on any atom is -0.503 e. The number of carbonyl (C=O) groups excluding carboxylic acids is 1. The predicted octanol–water partition coefficient (Wildman–Crippen LogP) is 3.12. The molecule has 0 unspecified atom stereocenters. The fourth-order valence-corrected chi connectivity index (χ4v) is 2.47. The number of phenolic OH excluding ortho intramolecular Hbond substituents is 1. The molecular formula is C14H16F3NO2. The molecule has 1 aliphatic carbocycles. The van der Waals surface area contributed by atoms with Gasteiger partial charge in [-0.2, -0.15) is 4.39 Å². The maximum Gasteiger partial charge on any atom is 0.254 e. The van der Waals surface area contributed by atoms with Crippen molar-refractivity contribution in [2.75, 3.05) is 6.54 Å². The minimum absolute atomic E-state index is 0.322. The standard InChI is InChI=1S/C14H16F3NO2/c15-10-6-9(11(16)12(17)13(10)19)14(20)18-7-8-4-2-1-3-5-8/h6,8,19H,1-5,7H2,(H,18,20). The summed E-state index contributed by atoms with van der Waals surface area (Å²) in [4.78, 5) is 11.8. The number of hydrogen-bond acceptors (Lipinski definition) is 2. The second-order valence-corrected chi connectivity index (χ2v) is 5.10. The molecule has 0 bridgehead atoms. The lowest BCUT2D eigenvalue weighted by Gasteiger charge is -2.21. The van der Waals surface area contributed by atoms with E-state index < -0.39 is 34.7 Å². The molecule has 1 aromatic carbocycles. The molecule has 0 saturated heterocycles. The zero-order valence-corrected chi connectivity index (χ0v) is 10.9. The maximum absolute atomic E-state index is 13.5. The van der Waals surface area contributed by atoms with E-state index in [1.807, 2.05) is 0 Å². The first-order chi connectivity index (χ1) is 9.50. The molecule has 0 aliphatic heterocycles. The number of carbonyl (C=O) groups is 1. The molecule has 6 heteroatoms. The second kappa shape index (κ2) is 6.15. The van der Waals surface area contributed by atoms with E-state index in [2.05, 4.69) is 5.32 Å². The number of nitrogens with one attached hydrogen (secondary N) is 1. The van der Waals surface area contributed by atoms with Gasteiger partial charge in [0.15, 0.2) is 17.4 Å². The van der Waals surface area contributed by atoms with Crippen molar-refractivity contribution < 1.29 is 23.1 Å². The lowest BCUT2D eigenvalue weighted by Crippen LogP contribution is -2.31. The molecule has 1 aromatic rings. The highest BCUT2D eigenvalue weighted by atomic mass is 19.2. The monoisotopic (exact) mass is 287 g/mol. The third kappa shape index (κ3) is 3.05. The van der Waals surface area contributed by atoms with E-state index >= 15 is 0 Å². The van der Waals surface area contributed by atoms with E-state index in [0.29, 0.717) is 18.5 Å². The van der Waals surface area contributed by atoms with Crippen LogP contribution in [0.5, 0.6) is 5.75 Å². The number of halogens is 3. The number of phenols is 1. The van der Waals surface area contributed by atoms with Crippen LogP contribution >= 0.6 is 0 Å².